The molecule has 2 rings (SSSR count). The van der Waals surface area contributed by atoms with E-state index in [-0.39, 0.29) is 6.04 Å². The minimum Gasteiger partial charge on any atom is -0.366 e. The molecular weight excluding hydrogens is 244 g/mol. The zero-order chi connectivity index (χ0) is 13.1. The number of aromatic nitrogens is 2. The number of nitrogens with zero attached hydrogens (tertiary/aromatic N) is 3. The van der Waals surface area contributed by atoms with Gasteiger partial charge in [-0.25, -0.2) is 0 Å². The smallest absolute Gasteiger partial charge is 0.142 e. The molecule has 0 saturated heterocycles. The number of anilines is 1. The molecule has 5 heteroatoms. The molecule has 1 atom stereocenters. The van der Waals surface area contributed by atoms with Crippen molar-refractivity contribution in [3.8, 4) is 6.07 Å². The van der Waals surface area contributed by atoms with Gasteiger partial charge in [-0.3, -0.25) is 4.68 Å². The van der Waals surface area contributed by atoms with Gasteiger partial charge in [0.1, 0.15) is 17.5 Å². The van der Waals surface area contributed by atoms with E-state index >= 15 is 0 Å². The Morgan fingerprint density at radius 2 is 2.39 bits per heavy atom. The summed E-state index contributed by atoms with van der Waals surface area (Å²) in [6, 6.07) is 6.66. The van der Waals surface area contributed by atoms with E-state index in [2.05, 4.69) is 40.9 Å². The second-order valence-electron chi connectivity index (χ2n) is 4.37. The Balaban J connectivity index is 2.12. The van der Waals surface area contributed by atoms with Crippen molar-refractivity contribution in [1.82, 2.24) is 9.78 Å². The maximum atomic E-state index is 9.14. The first-order valence-corrected chi connectivity index (χ1v) is 6.72. The maximum absolute atomic E-state index is 9.14. The van der Waals surface area contributed by atoms with E-state index in [0.717, 1.165) is 17.9 Å². The summed E-state index contributed by atoms with van der Waals surface area (Å²) in [6.07, 6.45) is 0.951. The third kappa shape index (κ3) is 2.54. The van der Waals surface area contributed by atoms with Gasteiger partial charge in [0.05, 0.1) is 5.69 Å². The second kappa shape index (κ2) is 5.23. The quantitative estimate of drug-likeness (QED) is 0.919. The van der Waals surface area contributed by atoms with Crippen molar-refractivity contribution in [3.63, 3.8) is 0 Å². The average Bonchev–Trinajstić information content (AvgIpc) is 2.89. The molecule has 94 valence electrons. The van der Waals surface area contributed by atoms with Gasteiger partial charge in [0.25, 0.3) is 0 Å². The van der Waals surface area contributed by atoms with Crippen molar-refractivity contribution >= 4 is 17.2 Å². The highest BCUT2D eigenvalue weighted by Gasteiger charge is 2.15. The van der Waals surface area contributed by atoms with Crippen molar-refractivity contribution in [2.24, 2.45) is 7.05 Å². The summed E-state index contributed by atoms with van der Waals surface area (Å²) < 4.78 is 1.73. The molecule has 0 aliphatic rings. The third-order valence-electron chi connectivity index (χ3n) is 2.80. The van der Waals surface area contributed by atoms with Crippen molar-refractivity contribution in [3.05, 3.63) is 33.6 Å². The topological polar surface area (TPSA) is 53.6 Å². The van der Waals surface area contributed by atoms with Gasteiger partial charge in [-0.1, -0.05) is 6.07 Å². The van der Waals surface area contributed by atoms with Gasteiger partial charge in [-0.15, -0.1) is 11.3 Å². The van der Waals surface area contributed by atoms with E-state index < -0.39 is 0 Å². The van der Waals surface area contributed by atoms with Crippen LogP contribution in [-0.4, -0.2) is 15.8 Å². The summed E-state index contributed by atoms with van der Waals surface area (Å²) in [5, 5.41) is 18.9. The van der Waals surface area contributed by atoms with Crippen LogP contribution in [-0.2, 0) is 13.5 Å². The number of hydrogen-bond donors (Lipinski definition) is 1. The first kappa shape index (κ1) is 12.7. The lowest BCUT2D eigenvalue weighted by Crippen LogP contribution is -2.20. The normalized spacial score (nSPS) is 12.1. The fourth-order valence-corrected chi connectivity index (χ4v) is 2.81. The van der Waals surface area contributed by atoms with Crippen LogP contribution in [0.15, 0.2) is 17.5 Å². The maximum Gasteiger partial charge on any atom is 0.142 e. The lowest BCUT2D eigenvalue weighted by molar-refractivity contribution is 0.727. The SMILES string of the molecule is Cc1nn(C)c(NC(C)Cc2cccs2)c1C#N. The Hall–Kier alpha value is -1.80. The molecule has 0 fully saturated rings. The van der Waals surface area contributed by atoms with Crippen LogP contribution >= 0.6 is 11.3 Å². The number of aryl methyl sites for hydroxylation is 2. The van der Waals surface area contributed by atoms with Crippen LogP contribution in [0.3, 0.4) is 0 Å². The summed E-state index contributed by atoms with van der Waals surface area (Å²) in [4.78, 5) is 1.34. The molecular formula is C13H16N4S. The van der Waals surface area contributed by atoms with Gasteiger partial charge in [0.15, 0.2) is 0 Å². The fraction of sp³-hybridized carbons (Fsp3) is 0.385. The van der Waals surface area contributed by atoms with Gasteiger partial charge in [0, 0.05) is 24.4 Å². The minimum atomic E-state index is 0.269. The highest BCUT2D eigenvalue weighted by atomic mass is 32.1. The molecule has 0 aliphatic carbocycles. The number of thiophene rings is 1. The average molecular weight is 260 g/mol. The van der Waals surface area contributed by atoms with Crippen LogP contribution < -0.4 is 5.32 Å². The Kier molecular flexibility index (Phi) is 3.68. The Morgan fingerprint density at radius 1 is 1.61 bits per heavy atom. The molecule has 0 aromatic carbocycles. The highest BCUT2D eigenvalue weighted by molar-refractivity contribution is 7.09. The number of rotatable bonds is 4. The van der Waals surface area contributed by atoms with Crippen LogP contribution in [0.2, 0.25) is 0 Å². The van der Waals surface area contributed by atoms with Crippen molar-refractivity contribution in [2.75, 3.05) is 5.32 Å². The number of hydrogen-bond acceptors (Lipinski definition) is 4. The standard InChI is InChI=1S/C13H16N4S/c1-9(7-11-5-4-6-18-11)15-13-12(8-14)10(2)16-17(13)3/h4-6,9,15H,7H2,1-3H3. The predicted octanol–water partition coefficient (Wildman–Crippen LogP) is 2.70. The monoisotopic (exact) mass is 260 g/mol. The van der Waals surface area contributed by atoms with E-state index in [9.17, 15) is 0 Å². The van der Waals surface area contributed by atoms with Crippen molar-refractivity contribution in [2.45, 2.75) is 26.3 Å². The molecule has 0 radical (unpaired) electrons. The number of nitrogens with one attached hydrogen (secondary N) is 1. The zero-order valence-corrected chi connectivity index (χ0v) is 11.6. The van der Waals surface area contributed by atoms with Crippen LogP contribution in [0.4, 0.5) is 5.82 Å². The van der Waals surface area contributed by atoms with Crippen LogP contribution in [0, 0.1) is 18.3 Å². The Labute approximate surface area is 111 Å². The molecule has 2 aromatic heterocycles. The summed E-state index contributed by atoms with van der Waals surface area (Å²) in [7, 11) is 1.86. The van der Waals surface area contributed by atoms with E-state index in [1.807, 2.05) is 14.0 Å². The molecule has 2 aromatic rings. The van der Waals surface area contributed by atoms with Crippen LogP contribution in [0.1, 0.15) is 23.1 Å². The third-order valence-corrected chi connectivity index (χ3v) is 3.70. The first-order valence-electron chi connectivity index (χ1n) is 5.84. The number of nitriles is 1. The summed E-state index contributed by atoms with van der Waals surface area (Å²) in [5.41, 5.74) is 1.40. The molecule has 0 bridgehead atoms. The van der Waals surface area contributed by atoms with Gasteiger partial charge in [-0.2, -0.15) is 10.4 Å². The van der Waals surface area contributed by atoms with Gasteiger partial charge < -0.3 is 5.32 Å². The summed E-state index contributed by atoms with van der Waals surface area (Å²) >= 11 is 1.75. The predicted molar refractivity (Wildman–Crippen MR) is 73.8 cm³/mol. The lowest BCUT2D eigenvalue weighted by Gasteiger charge is -2.14. The minimum absolute atomic E-state index is 0.269. The fourth-order valence-electron chi connectivity index (χ4n) is 1.97. The van der Waals surface area contributed by atoms with Crippen molar-refractivity contribution in [1.29, 1.82) is 5.26 Å². The van der Waals surface area contributed by atoms with Crippen LogP contribution in [0.5, 0.6) is 0 Å². The molecule has 0 aliphatic heterocycles. The highest BCUT2D eigenvalue weighted by Crippen LogP contribution is 2.20. The van der Waals surface area contributed by atoms with E-state index in [4.69, 9.17) is 5.26 Å². The van der Waals surface area contributed by atoms with Crippen molar-refractivity contribution < 1.29 is 0 Å². The first-order chi connectivity index (χ1) is 8.61. The largest absolute Gasteiger partial charge is 0.366 e. The zero-order valence-electron chi connectivity index (χ0n) is 10.8. The molecule has 18 heavy (non-hydrogen) atoms. The molecule has 4 nitrogen and oxygen atoms in total. The summed E-state index contributed by atoms with van der Waals surface area (Å²) in [5.74, 6) is 0.805. The molecule has 0 spiro atoms. The Morgan fingerprint density at radius 3 is 3.00 bits per heavy atom. The van der Waals surface area contributed by atoms with E-state index in [1.54, 1.807) is 16.0 Å². The van der Waals surface area contributed by atoms with Gasteiger partial charge in [0.2, 0.25) is 0 Å². The molecule has 1 unspecified atom stereocenters. The summed E-state index contributed by atoms with van der Waals surface area (Å²) in [6.45, 7) is 3.97. The van der Waals surface area contributed by atoms with Gasteiger partial charge in [-0.05, 0) is 25.3 Å². The lowest BCUT2D eigenvalue weighted by atomic mass is 10.2. The van der Waals surface area contributed by atoms with E-state index in [0.29, 0.717) is 5.56 Å². The Bertz CT molecular complexity index is 563. The second-order valence-corrected chi connectivity index (χ2v) is 5.41. The molecule has 0 saturated carbocycles. The van der Waals surface area contributed by atoms with Gasteiger partial charge >= 0.3 is 0 Å². The van der Waals surface area contributed by atoms with E-state index in [1.165, 1.54) is 4.88 Å². The molecule has 1 N–H and O–H groups in total. The molecule has 0 amide bonds. The molecule has 2 heterocycles. The van der Waals surface area contributed by atoms with Crippen LogP contribution in [0.25, 0.3) is 0 Å².